The van der Waals surface area contributed by atoms with Crippen molar-refractivity contribution in [3.63, 3.8) is 0 Å². The van der Waals surface area contributed by atoms with E-state index in [1.54, 1.807) is 0 Å². The minimum atomic E-state index is -1.36. The molecule has 0 aromatic heterocycles. The molecule has 8 heteroatoms. The van der Waals surface area contributed by atoms with Gasteiger partial charge in [0.1, 0.15) is 0 Å². The first kappa shape index (κ1) is 11.1. The van der Waals surface area contributed by atoms with E-state index in [-0.39, 0.29) is 0 Å². The molecule has 0 saturated carbocycles. The van der Waals surface area contributed by atoms with E-state index in [9.17, 15) is 0 Å². The fourth-order valence-corrected chi connectivity index (χ4v) is 0.782. The fourth-order valence-electron chi connectivity index (χ4n) is 0.782. The summed E-state index contributed by atoms with van der Waals surface area (Å²) in [6, 6.07) is 0. The van der Waals surface area contributed by atoms with Crippen molar-refractivity contribution in [3.8, 4) is 0 Å². The third kappa shape index (κ3) is 3.86. The molecule has 0 fully saturated rings. The van der Waals surface area contributed by atoms with Gasteiger partial charge in [0.25, 0.3) is 27.6 Å². The summed E-state index contributed by atoms with van der Waals surface area (Å²) in [4.78, 5) is 0. The van der Waals surface area contributed by atoms with E-state index in [4.69, 9.17) is 20.1 Å². The van der Waals surface area contributed by atoms with Gasteiger partial charge in [0.2, 0.25) is 0 Å². The van der Waals surface area contributed by atoms with Gasteiger partial charge in [0.05, 0.1) is 0 Å². The lowest BCUT2D eigenvalue weighted by Gasteiger charge is -2.10. The molecule has 0 aliphatic carbocycles. The molecule has 59 valence electrons. The molecule has 4 nitrogen and oxygen atoms in total. The Balaban J connectivity index is 3.70. The molecular formula is C3H11B4O4. The summed E-state index contributed by atoms with van der Waals surface area (Å²) in [6.07, 6.45) is 1.13. The van der Waals surface area contributed by atoms with E-state index in [0.29, 0.717) is 13.7 Å². The molecule has 0 aliphatic heterocycles. The summed E-state index contributed by atoms with van der Waals surface area (Å²) in [5.74, 6) is 0. The zero-order chi connectivity index (χ0) is 8.85. The molecule has 0 bridgehead atoms. The highest BCUT2D eigenvalue weighted by molar-refractivity contribution is 7.56. The zero-order valence-corrected chi connectivity index (χ0v) is 6.51. The molecule has 0 aromatic carbocycles. The Bertz CT molecular complexity index is 103. The third-order valence-corrected chi connectivity index (χ3v) is 1.48. The van der Waals surface area contributed by atoms with Crippen LogP contribution in [-0.2, 0) is 0 Å². The van der Waals surface area contributed by atoms with Crippen molar-refractivity contribution in [1.82, 2.24) is 0 Å². The van der Waals surface area contributed by atoms with E-state index in [1.165, 1.54) is 0 Å². The van der Waals surface area contributed by atoms with E-state index in [2.05, 4.69) is 0 Å². The lowest BCUT2D eigenvalue weighted by molar-refractivity contribution is 0.534. The molecule has 0 heterocycles. The average molecular weight is 154 g/mol. The van der Waals surface area contributed by atoms with Gasteiger partial charge in [-0.05, 0) is 0 Å². The molecule has 0 saturated heterocycles. The Hall–Kier alpha value is 0.0997. The third-order valence-electron chi connectivity index (χ3n) is 1.48. The Morgan fingerprint density at radius 2 is 1.82 bits per heavy atom. The van der Waals surface area contributed by atoms with Crippen LogP contribution >= 0.6 is 0 Å². The Morgan fingerprint density at radius 3 is 2.18 bits per heavy atom. The molecule has 0 unspecified atom stereocenters. The van der Waals surface area contributed by atoms with E-state index in [0.717, 1.165) is 6.42 Å². The van der Waals surface area contributed by atoms with Crippen molar-refractivity contribution in [2.75, 3.05) is 0 Å². The largest absolute Gasteiger partial charge is 0.461 e. The van der Waals surface area contributed by atoms with Crippen LogP contribution in [0.5, 0.6) is 0 Å². The Kier molecular flexibility index (Phi) is 5.76. The summed E-state index contributed by atoms with van der Waals surface area (Å²) in [5, 5.41) is 35.2. The van der Waals surface area contributed by atoms with Gasteiger partial charge in [0, 0.05) is 0 Å². The van der Waals surface area contributed by atoms with Crippen LogP contribution in [0.1, 0.15) is 13.3 Å². The average Bonchev–Trinajstić information content (AvgIpc) is 2.02. The minimum absolute atomic E-state index is 0.409. The molecule has 4 N–H and O–H groups in total. The predicted octanol–water partition coefficient (Wildman–Crippen LogP) is -2.39. The fraction of sp³-hybridized carbons (Fsp3) is 1.00. The van der Waals surface area contributed by atoms with Crippen LogP contribution in [0.4, 0.5) is 0 Å². The van der Waals surface area contributed by atoms with Gasteiger partial charge in [-0.2, -0.15) is 0 Å². The van der Waals surface area contributed by atoms with Gasteiger partial charge in [-0.15, -0.1) is 0 Å². The van der Waals surface area contributed by atoms with Gasteiger partial charge in [0.15, 0.2) is 0 Å². The number of rotatable bonds is 5. The van der Waals surface area contributed by atoms with Gasteiger partial charge >= 0.3 is 0 Å². The maximum Gasteiger partial charge on any atom is 0.283 e. The van der Waals surface area contributed by atoms with Crippen LogP contribution in [0.3, 0.4) is 0 Å². The van der Waals surface area contributed by atoms with Crippen molar-refractivity contribution in [2.24, 2.45) is 0 Å². The Labute approximate surface area is 68.2 Å². The summed E-state index contributed by atoms with van der Waals surface area (Å²) in [7, 11) is 0.462. The van der Waals surface area contributed by atoms with Crippen LogP contribution in [0.25, 0.3) is 0 Å². The second-order valence-electron chi connectivity index (χ2n) is 2.49. The van der Waals surface area contributed by atoms with Gasteiger partial charge in [-0.1, -0.05) is 19.7 Å². The van der Waals surface area contributed by atoms with Gasteiger partial charge < -0.3 is 20.1 Å². The molecule has 0 amide bonds. The first-order valence-corrected chi connectivity index (χ1v) is 3.65. The molecule has 11 heavy (non-hydrogen) atoms. The molecule has 0 aromatic rings. The van der Waals surface area contributed by atoms with Gasteiger partial charge in [-0.3, -0.25) is 0 Å². The predicted molar refractivity (Wildman–Crippen MR) is 47.0 cm³/mol. The highest BCUT2D eigenvalue weighted by Crippen LogP contribution is 1.97. The smallest absolute Gasteiger partial charge is 0.283 e. The molecule has 0 aliphatic rings. The van der Waals surface area contributed by atoms with Crippen molar-refractivity contribution >= 4 is 27.6 Å². The first-order chi connectivity index (χ1) is 5.13. The normalized spacial score (nSPS) is 9.18. The maximum absolute atomic E-state index is 9.08. The Morgan fingerprint density at radius 1 is 1.27 bits per heavy atom. The van der Waals surface area contributed by atoms with Crippen LogP contribution in [0, 0.1) is 0 Å². The number of hydrogen-bond donors (Lipinski definition) is 4. The SMILES string of the molecule is CCCB(O)B(O)B(O)[B]O. The van der Waals surface area contributed by atoms with Crippen LogP contribution in [-0.4, -0.2) is 47.7 Å². The topological polar surface area (TPSA) is 80.9 Å². The summed E-state index contributed by atoms with van der Waals surface area (Å²) in [6.45, 7) is -1.78. The van der Waals surface area contributed by atoms with E-state index < -0.39 is 20.2 Å². The van der Waals surface area contributed by atoms with Crippen molar-refractivity contribution in [1.29, 1.82) is 0 Å². The van der Waals surface area contributed by atoms with E-state index in [1.807, 2.05) is 6.92 Å². The van der Waals surface area contributed by atoms with Gasteiger partial charge in [-0.25, -0.2) is 0 Å². The molecule has 0 atom stereocenters. The standard InChI is InChI=1S/C3H11B4O4/c1-2-3-5(9)7(11)6(10)4-8/h8-11H,2-3H2,1H3. The zero-order valence-electron chi connectivity index (χ0n) is 6.51. The summed E-state index contributed by atoms with van der Waals surface area (Å²) in [5.41, 5.74) is 0. The second kappa shape index (κ2) is 5.71. The van der Waals surface area contributed by atoms with Crippen LogP contribution in [0.2, 0.25) is 6.32 Å². The highest BCUT2D eigenvalue weighted by Gasteiger charge is 2.36. The molecular weight excluding hydrogens is 143 g/mol. The monoisotopic (exact) mass is 155 g/mol. The first-order valence-electron chi connectivity index (χ1n) is 3.65. The van der Waals surface area contributed by atoms with Crippen molar-refractivity contribution in [2.45, 2.75) is 19.7 Å². The lowest BCUT2D eigenvalue weighted by atomic mass is 8.99. The summed E-state index contributed by atoms with van der Waals surface area (Å²) >= 11 is 0. The van der Waals surface area contributed by atoms with Crippen molar-refractivity contribution in [3.05, 3.63) is 0 Å². The number of hydrogen-bond acceptors (Lipinski definition) is 4. The van der Waals surface area contributed by atoms with Crippen LogP contribution < -0.4 is 0 Å². The van der Waals surface area contributed by atoms with Crippen LogP contribution in [0.15, 0.2) is 0 Å². The lowest BCUT2D eigenvalue weighted by Crippen LogP contribution is -2.52. The highest BCUT2D eigenvalue weighted by atomic mass is 16.3. The quantitative estimate of drug-likeness (QED) is 0.333. The molecule has 1 radical (unpaired) electrons. The molecule has 0 spiro atoms. The second-order valence-corrected chi connectivity index (χ2v) is 2.49. The van der Waals surface area contributed by atoms with Crippen molar-refractivity contribution < 1.29 is 20.1 Å². The molecule has 0 rings (SSSR count). The summed E-state index contributed by atoms with van der Waals surface area (Å²) < 4.78 is 0. The maximum atomic E-state index is 9.08. The minimum Gasteiger partial charge on any atom is -0.461 e. The van der Waals surface area contributed by atoms with E-state index >= 15 is 0 Å².